The third kappa shape index (κ3) is 4.59. The zero-order valence-electron chi connectivity index (χ0n) is 16.1. The van der Waals surface area contributed by atoms with Crippen molar-refractivity contribution in [1.82, 2.24) is 5.32 Å². The molecule has 1 aliphatic rings. The Labute approximate surface area is 168 Å². The van der Waals surface area contributed by atoms with Crippen molar-refractivity contribution in [2.24, 2.45) is 0 Å². The van der Waals surface area contributed by atoms with Crippen molar-refractivity contribution in [1.29, 1.82) is 0 Å². The molecular formula is C21H24N2O4S. The molecule has 2 N–H and O–H groups in total. The Hall–Kier alpha value is -2.67. The van der Waals surface area contributed by atoms with Gasteiger partial charge >= 0.3 is 5.97 Å². The van der Waals surface area contributed by atoms with Gasteiger partial charge in [-0.1, -0.05) is 12.1 Å². The van der Waals surface area contributed by atoms with Crippen LogP contribution in [0.15, 0.2) is 24.3 Å². The summed E-state index contributed by atoms with van der Waals surface area (Å²) < 4.78 is 5.22. The van der Waals surface area contributed by atoms with Crippen LogP contribution in [0.2, 0.25) is 0 Å². The fourth-order valence-electron chi connectivity index (χ4n) is 3.25. The number of nitrogens with one attached hydrogen (secondary N) is 2. The number of esters is 1. The number of carbonyl (C=O) groups is 3. The van der Waals surface area contributed by atoms with E-state index in [1.165, 1.54) is 18.3 Å². The van der Waals surface area contributed by atoms with Crippen LogP contribution in [0.25, 0.3) is 0 Å². The molecule has 0 spiro atoms. The summed E-state index contributed by atoms with van der Waals surface area (Å²) in [6.07, 6.45) is 3.91. The summed E-state index contributed by atoms with van der Waals surface area (Å²) in [5.41, 5.74) is 2.94. The maximum absolute atomic E-state index is 12.7. The number of benzene rings is 1. The summed E-state index contributed by atoms with van der Waals surface area (Å²) in [5.74, 6) is -0.743. The lowest BCUT2D eigenvalue weighted by molar-refractivity contribution is -0.119. The summed E-state index contributed by atoms with van der Waals surface area (Å²) >= 11 is 1.47. The molecule has 1 aromatic carbocycles. The predicted octanol–water partition coefficient (Wildman–Crippen LogP) is 3.69. The van der Waals surface area contributed by atoms with Crippen LogP contribution in [-0.4, -0.2) is 24.4 Å². The van der Waals surface area contributed by atoms with Crippen LogP contribution >= 0.6 is 11.3 Å². The van der Waals surface area contributed by atoms with E-state index in [0.29, 0.717) is 29.3 Å². The zero-order chi connectivity index (χ0) is 20.1. The lowest BCUT2D eigenvalue weighted by Gasteiger charge is -2.12. The lowest BCUT2D eigenvalue weighted by Crippen LogP contribution is -2.19. The van der Waals surface area contributed by atoms with Crippen molar-refractivity contribution < 1.29 is 19.1 Å². The third-order valence-electron chi connectivity index (χ3n) is 4.64. The Morgan fingerprint density at radius 1 is 1.11 bits per heavy atom. The first kappa shape index (κ1) is 20.1. The first-order valence-electron chi connectivity index (χ1n) is 9.46. The Bertz CT molecular complexity index is 887. The van der Waals surface area contributed by atoms with E-state index >= 15 is 0 Å². The number of fused-ring (bicyclic) bond motifs is 1. The van der Waals surface area contributed by atoms with E-state index < -0.39 is 0 Å². The maximum atomic E-state index is 12.7. The molecule has 1 aromatic heterocycles. The molecular weight excluding hydrogens is 376 g/mol. The average molecular weight is 401 g/mol. The summed E-state index contributed by atoms with van der Waals surface area (Å²) in [7, 11) is 0. The van der Waals surface area contributed by atoms with Gasteiger partial charge in [0.05, 0.1) is 12.2 Å². The van der Waals surface area contributed by atoms with Crippen LogP contribution in [0.4, 0.5) is 5.00 Å². The molecule has 3 rings (SSSR count). The standard InChI is InChI=1S/C21H24N2O4S/c1-3-27-21(26)18-16-6-4-5-7-17(16)28-20(18)23-19(25)15-10-8-14(9-11-15)12-22-13(2)24/h8-11H,3-7,12H2,1-2H3,(H,22,24)(H,23,25). The largest absolute Gasteiger partial charge is 0.462 e. The number of hydrogen-bond donors (Lipinski definition) is 2. The van der Waals surface area contributed by atoms with Crippen LogP contribution in [-0.2, 0) is 28.9 Å². The van der Waals surface area contributed by atoms with E-state index in [-0.39, 0.29) is 17.8 Å². The van der Waals surface area contributed by atoms with Gasteiger partial charge in [0.2, 0.25) is 5.91 Å². The highest BCUT2D eigenvalue weighted by molar-refractivity contribution is 7.17. The van der Waals surface area contributed by atoms with Gasteiger partial charge in [-0.3, -0.25) is 9.59 Å². The minimum Gasteiger partial charge on any atom is -0.462 e. The molecule has 7 heteroatoms. The van der Waals surface area contributed by atoms with Crippen molar-refractivity contribution >= 4 is 34.1 Å². The second-order valence-corrected chi connectivity index (χ2v) is 7.80. The quantitative estimate of drug-likeness (QED) is 0.724. The minimum atomic E-state index is -0.372. The normalized spacial score (nSPS) is 12.8. The number of amides is 2. The van der Waals surface area contributed by atoms with Crippen LogP contribution in [0.3, 0.4) is 0 Å². The Morgan fingerprint density at radius 2 is 1.82 bits per heavy atom. The smallest absolute Gasteiger partial charge is 0.341 e. The van der Waals surface area contributed by atoms with E-state index in [4.69, 9.17) is 4.74 Å². The van der Waals surface area contributed by atoms with Gasteiger partial charge in [0, 0.05) is 23.9 Å². The van der Waals surface area contributed by atoms with Crippen molar-refractivity contribution in [3.63, 3.8) is 0 Å². The van der Waals surface area contributed by atoms with E-state index in [1.54, 1.807) is 31.2 Å². The molecule has 0 fully saturated rings. The number of rotatable bonds is 6. The highest BCUT2D eigenvalue weighted by atomic mass is 32.1. The second kappa shape index (κ2) is 9.01. The number of thiophene rings is 1. The van der Waals surface area contributed by atoms with Crippen LogP contribution in [0.5, 0.6) is 0 Å². The van der Waals surface area contributed by atoms with Crippen molar-refractivity contribution in [3.05, 3.63) is 51.4 Å². The number of aryl methyl sites for hydroxylation is 1. The molecule has 148 valence electrons. The highest BCUT2D eigenvalue weighted by Gasteiger charge is 2.27. The van der Waals surface area contributed by atoms with Crippen LogP contribution < -0.4 is 10.6 Å². The maximum Gasteiger partial charge on any atom is 0.341 e. The molecule has 2 aromatic rings. The SMILES string of the molecule is CCOC(=O)c1c(NC(=O)c2ccc(CNC(C)=O)cc2)sc2c1CCCC2. The molecule has 0 unspecified atom stereocenters. The molecule has 1 aliphatic carbocycles. The zero-order valence-corrected chi connectivity index (χ0v) is 16.9. The molecule has 0 saturated carbocycles. The second-order valence-electron chi connectivity index (χ2n) is 6.70. The van der Waals surface area contributed by atoms with E-state index in [1.807, 2.05) is 0 Å². The first-order chi connectivity index (χ1) is 13.5. The van der Waals surface area contributed by atoms with E-state index in [0.717, 1.165) is 41.7 Å². The minimum absolute atomic E-state index is 0.102. The highest BCUT2D eigenvalue weighted by Crippen LogP contribution is 2.38. The molecule has 6 nitrogen and oxygen atoms in total. The van der Waals surface area contributed by atoms with Gasteiger partial charge < -0.3 is 15.4 Å². The fourth-order valence-corrected chi connectivity index (χ4v) is 4.52. The van der Waals surface area contributed by atoms with Crippen molar-refractivity contribution in [3.8, 4) is 0 Å². The van der Waals surface area contributed by atoms with Crippen LogP contribution in [0.1, 0.15) is 63.4 Å². The summed E-state index contributed by atoms with van der Waals surface area (Å²) in [6.45, 7) is 3.95. The Morgan fingerprint density at radius 3 is 2.50 bits per heavy atom. The molecule has 1 heterocycles. The van der Waals surface area contributed by atoms with Crippen molar-refractivity contribution in [2.45, 2.75) is 46.1 Å². The van der Waals surface area contributed by atoms with Gasteiger partial charge in [-0.25, -0.2) is 4.79 Å². The van der Waals surface area contributed by atoms with Gasteiger partial charge in [0.25, 0.3) is 5.91 Å². The molecule has 0 aliphatic heterocycles. The van der Waals surface area contributed by atoms with E-state index in [9.17, 15) is 14.4 Å². The predicted molar refractivity (Wildman–Crippen MR) is 109 cm³/mol. The average Bonchev–Trinajstić information content (AvgIpc) is 3.04. The monoisotopic (exact) mass is 400 g/mol. The summed E-state index contributed by atoms with van der Waals surface area (Å²) in [5, 5.41) is 6.19. The van der Waals surface area contributed by atoms with Gasteiger partial charge in [0.1, 0.15) is 5.00 Å². The fraction of sp³-hybridized carbons (Fsp3) is 0.381. The molecule has 0 saturated heterocycles. The Balaban J connectivity index is 1.79. The lowest BCUT2D eigenvalue weighted by atomic mass is 9.95. The van der Waals surface area contributed by atoms with Gasteiger partial charge in [-0.15, -0.1) is 11.3 Å². The van der Waals surface area contributed by atoms with Crippen LogP contribution in [0, 0.1) is 0 Å². The number of ether oxygens (including phenoxy) is 1. The number of hydrogen-bond acceptors (Lipinski definition) is 5. The van der Waals surface area contributed by atoms with Crippen molar-refractivity contribution in [2.75, 3.05) is 11.9 Å². The third-order valence-corrected chi connectivity index (χ3v) is 5.84. The van der Waals surface area contributed by atoms with Gasteiger partial charge in [-0.2, -0.15) is 0 Å². The molecule has 0 radical (unpaired) electrons. The molecule has 0 bridgehead atoms. The summed E-state index contributed by atoms with van der Waals surface area (Å²) in [6, 6.07) is 7.03. The van der Waals surface area contributed by atoms with Gasteiger partial charge in [-0.05, 0) is 55.9 Å². The molecule has 28 heavy (non-hydrogen) atoms. The molecule has 2 amide bonds. The number of anilines is 1. The van der Waals surface area contributed by atoms with Gasteiger partial charge in [0.15, 0.2) is 0 Å². The topological polar surface area (TPSA) is 84.5 Å². The van der Waals surface area contributed by atoms with E-state index in [2.05, 4.69) is 10.6 Å². The molecule has 0 atom stereocenters. The summed E-state index contributed by atoms with van der Waals surface area (Å²) in [4.78, 5) is 37.4. The first-order valence-corrected chi connectivity index (χ1v) is 10.3. The number of carbonyl (C=O) groups excluding carboxylic acids is 3. The Kier molecular flexibility index (Phi) is 6.46.